The second kappa shape index (κ2) is 45.0. The van der Waals surface area contributed by atoms with Gasteiger partial charge in [0.1, 0.15) is 36.4 Å². The highest BCUT2D eigenvalue weighted by molar-refractivity contribution is 6.13. The molecule has 9 atom stereocenters. The second-order valence-corrected chi connectivity index (χ2v) is 26.1. The molecule has 0 fully saturated rings. The third kappa shape index (κ3) is 29.4. The molecule has 0 spiro atoms. The summed E-state index contributed by atoms with van der Waals surface area (Å²) in [5, 5.41) is 17.9. The molecule has 0 aromatic heterocycles. The molecule has 28 heteroatoms. The Bertz CT molecular complexity index is 3250. The summed E-state index contributed by atoms with van der Waals surface area (Å²) in [5.41, 5.74) is 5.62. The summed E-state index contributed by atoms with van der Waals surface area (Å²) in [7, 11) is 2.82. The number of benzene rings is 2. The maximum atomic E-state index is 14.4. The van der Waals surface area contributed by atoms with Crippen LogP contribution in [0.15, 0.2) is 95.1 Å². The number of hydrogen-bond donors (Lipinski definition) is 6. The summed E-state index contributed by atoms with van der Waals surface area (Å²) in [4.78, 5) is 164. The van der Waals surface area contributed by atoms with Crippen molar-refractivity contribution >= 4 is 76.9 Å². The lowest BCUT2D eigenvalue weighted by atomic mass is 9.90. The zero-order valence-corrected chi connectivity index (χ0v) is 61.6. The van der Waals surface area contributed by atoms with Crippen molar-refractivity contribution in [2.24, 2.45) is 22.9 Å². The van der Waals surface area contributed by atoms with E-state index in [-0.39, 0.29) is 87.2 Å². The second-order valence-electron chi connectivity index (χ2n) is 26.1. The van der Waals surface area contributed by atoms with Gasteiger partial charge in [-0.2, -0.15) is 5.10 Å². The third-order valence-electron chi connectivity index (χ3n) is 17.4. The van der Waals surface area contributed by atoms with Gasteiger partial charge in [0.2, 0.25) is 29.5 Å². The average molecular weight is 1430 g/mol. The maximum absolute atomic E-state index is 14.4. The molecular weight excluding hydrogens is 1320 g/mol. The van der Waals surface area contributed by atoms with Crippen LogP contribution in [0.2, 0.25) is 0 Å². The van der Waals surface area contributed by atoms with Crippen molar-refractivity contribution < 1.29 is 86.0 Å². The first-order valence-electron chi connectivity index (χ1n) is 35.2. The van der Waals surface area contributed by atoms with Crippen molar-refractivity contribution in [3.8, 4) is 0 Å². The van der Waals surface area contributed by atoms with E-state index in [1.165, 1.54) is 62.9 Å². The molecule has 2 aliphatic rings. The van der Waals surface area contributed by atoms with E-state index < -0.39 is 108 Å². The minimum atomic E-state index is -1.36. The zero-order valence-electron chi connectivity index (χ0n) is 61.6. The number of hydrazone groups is 1. The highest BCUT2D eigenvalue weighted by Gasteiger charge is 2.38. The van der Waals surface area contributed by atoms with Crippen molar-refractivity contribution in [3.05, 3.63) is 107 Å². The molecule has 0 bridgehead atoms. The lowest BCUT2D eigenvalue weighted by Crippen LogP contribution is -2.57. The lowest BCUT2D eigenvalue weighted by Gasteiger charge is -2.33. The first kappa shape index (κ1) is 85.3. The molecule has 562 valence electrons. The van der Waals surface area contributed by atoms with Crippen LogP contribution >= 0.6 is 0 Å². The number of nitrogens with one attached hydrogen (secondary N) is 6. The predicted octanol–water partition coefficient (Wildman–Crippen LogP) is 5.56. The van der Waals surface area contributed by atoms with Gasteiger partial charge in [-0.15, -0.1) is 0 Å². The molecule has 2 aromatic rings. The number of alkyl carbamates (subject to hydrolysis) is 1. The number of amides is 10. The normalized spacial score (nSPS) is 22.3. The number of allylic oxidation sites excluding steroid dienone is 1. The quantitative estimate of drug-likeness (QED) is 0.0102. The van der Waals surface area contributed by atoms with Gasteiger partial charge in [-0.3, -0.25) is 48.1 Å². The Morgan fingerprint density at radius 2 is 1.31 bits per heavy atom. The van der Waals surface area contributed by atoms with E-state index in [9.17, 15) is 57.5 Å². The minimum Gasteiger partial charge on any atom is -0.456 e. The van der Waals surface area contributed by atoms with Crippen LogP contribution in [0.1, 0.15) is 155 Å². The number of ether oxygens (including phenoxy) is 6. The Morgan fingerprint density at radius 3 is 1.92 bits per heavy atom. The molecule has 4 rings (SSSR count). The number of hydrogen-bond acceptors (Lipinski definition) is 19. The first-order valence-corrected chi connectivity index (χ1v) is 35.2. The van der Waals surface area contributed by atoms with Crippen LogP contribution in [0.25, 0.3) is 0 Å². The van der Waals surface area contributed by atoms with Gasteiger partial charge in [0.05, 0.1) is 38.7 Å². The third-order valence-corrected chi connectivity index (χ3v) is 17.4. The molecule has 28 nitrogen and oxygen atoms in total. The van der Waals surface area contributed by atoms with E-state index in [1.54, 1.807) is 95.3 Å². The Balaban J connectivity index is 1.30. The lowest BCUT2D eigenvalue weighted by molar-refractivity contribution is -0.155. The molecule has 10 amide bonds. The van der Waals surface area contributed by atoms with Crippen molar-refractivity contribution in [1.82, 2.24) is 46.7 Å². The molecule has 0 radical (unpaired) electrons. The van der Waals surface area contributed by atoms with E-state index in [0.29, 0.717) is 93.8 Å². The van der Waals surface area contributed by atoms with Crippen LogP contribution in [-0.2, 0) is 82.8 Å². The summed E-state index contributed by atoms with van der Waals surface area (Å²) in [6.45, 7) is 20.7. The number of imide groups is 1. The van der Waals surface area contributed by atoms with Gasteiger partial charge >= 0.3 is 18.0 Å². The monoisotopic (exact) mass is 1420 g/mol. The Labute approximate surface area is 599 Å². The van der Waals surface area contributed by atoms with Gasteiger partial charge in [-0.25, -0.2) is 19.8 Å². The van der Waals surface area contributed by atoms with Gasteiger partial charge in [-0.05, 0) is 114 Å². The number of carbonyl (C=O) groups excluding carboxylic acids is 12. The molecule has 2 aliphatic heterocycles. The van der Waals surface area contributed by atoms with Crippen LogP contribution in [0, 0.1) is 17.8 Å². The van der Waals surface area contributed by atoms with E-state index in [4.69, 9.17) is 28.4 Å². The minimum absolute atomic E-state index is 0.0427. The van der Waals surface area contributed by atoms with Crippen LogP contribution in [0.3, 0.4) is 0 Å². The first-order chi connectivity index (χ1) is 48.6. The van der Waals surface area contributed by atoms with Gasteiger partial charge in [-0.1, -0.05) is 102 Å². The Morgan fingerprint density at radius 1 is 0.716 bits per heavy atom. The maximum Gasteiger partial charge on any atom is 0.407 e. The predicted molar refractivity (Wildman–Crippen MR) is 381 cm³/mol. The van der Waals surface area contributed by atoms with Crippen LogP contribution in [0.4, 0.5) is 4.79 Å². The Kier molecular flexibility index (Phi) is 37.6. The van der Waals surface area contributed by atoms with Crippen molar-refractivity contribution in [2.45, 2.75) is 183 Å². The largest absolute Gasteiger partial charge is 0.456 e. The van der Waals surface area contributed by atoms with Crippen LogP contribution < -0.4 is 32.0 Å². The summed E-state index contributed by atoms with van der Waals surface area (Å²) < 4.78 is 35.0. The van der Waals surface area contributed by atoms with E-state index in [1.807, 2.05) is 20.8 Å². The van der Waals surface area contributed by atoms with Crippen LogP contribution in [0.5, 0.6) is 0 Å². The fourth-order valence-corrected chi connectivity index (χ4v) is 10.8. The van der Waals surface area contributed by atoms with Crippen LogP contribution in [-0.4, -0.2) is 214 Å². The number of unbranched alkanes of at least 4 members (excludes halogenated alkanes) is 2. The molecule has 0 saturated heterocycles. The average Bonchev–Trinajstić information content (AvgIpc) is 1.10. The number of esters is 2. The summed E-state index contributed by atoms with van der Waals surface area (Å²) >= 11 is 0. The molecule has 0 aliphatic carbocycles. The summed E-state index contributed by atoms with van der Waals surface area (Å²) in [6.07, 6.45) is 4.92. The summed E-state index contributed by atoms with van der Waals surface area (Å²) in [5.74, 6) is -7.64. The SMILES string of the molecule is C/C=C(\C)[C@H]1OC(=O)[C@@H](C)NC(=O)[C@H]([C@H](C)CC)NC(=O)CN(C)C(=O)[C@@H](Cc2ccccc2)N(C)C(=O)[C@H](C)NC(=O)[C@@H](CC(C)C)OC(=O)/C(C)=C/C[C@H](OC(=O)NCCCOCCOCCOCCCNC(=O)c2ccc(/C(C)=N\NC(=O)CCCCCN3C(=O)C=CC3=O)cc2)[C@@H]1C. The van der Waals surface area contributed by atoms with E-state index in [0.717, 1.165) is 10.5 Å². The van der Waals surface area contributed by atoms with Gasteiger partial charge in [0.25, 0.3) is 23.6 Å². The van der Waals surface area contributed by atoms with Crippen molar-refractivity contribution in [2.75, 3.05) is 79.9 Å². The summed E-state index contributed by atoms with van der Waals surface area (Å²) in [6, 6.07) is 11.0. The standard InChI is InChI=1S/C74H108N10O18/c1-14-48(5)65-69(91)78-54(11)73(95)102-66(49(6)15-2)51(8)59(32-27-50(7)72(94)100-60(44-47(3)4)68(90)77-53(10)70(92)83(13)58(45-55-24-18-16-19-25-55)71(93)82(12)46-62(86)79-65)101-74(96)76-36-23-39-98-41-43-99-42-40-97-38-22-35-75-67(89)57-30-28-56(29-31-57)52(9)80-81-61(85)26-20-17-21-37-84-63(87)33-34-64(84)88/h15-16,18-19,24-25,27-31,33-34,47-48,51,53-54,58-60,65-66H,14,17,20-23,26,32,35-46H2,1-13H3,(H,75,89)(H,76,96)(H,77,90)(H,78,91)(H,79,86)(H,81,85)/b49-15+,50-27+,80-52-/t48-,51+,53+,54-,58-,59+,60-,65+,66-/m1/s1. The molecule has 0 saturated carbocycles. The fourth-order valence-electron chi connectivity index (χ4n) is 10.8. The molecule has 102 heavy (non-hydrogen) atoms. The highest BCUT2D eigenvalue weighted by Crippen LogP contribution is 2.27. The number of rotatable bonds is 31. The highest BCUT2D eigenvalue weighted by atomic mass is 16.6. The topological polar surface area (TPSA) is 354 Å². The number of likely N-dealkylation sites (N-methyl/N-ethyl adjacent to an activating group) is 2. The molecule has 0 unspecified atom stereocenters. The number of carbonyl (C=O) groups is 12. The van der Waals surface area contributed by atoms with Gasteiger partial charge in [0, 0.05) is 95.4 Å². The number of cyclic esters (lactones) is 2. The molecular formula is C74H108N10O18. The zero-order chi connectivity index (χ0) is 75.4. The Hall–Kier alpha value is -9.15. The number of nitrogens with zero attached hydrogens (tertiary/aromatic N) is 4. The van der Waals surface area contributed by atoms with Crippen molar-refractivity contribution in [3.63, 3.8) is 0 Å². The molecule has 6 N–H and O–H groups in total. The van der Waals surface area contributed by atoms with E-state index in [2.05, 4.69) is 37.1 Å². The fraction of sp³-hybridized carbons (Fsp3) is 0.581. The van der Waals surface area contributed by atoms with Gasteiger partial charge < -0.3 is 64.8 Å². The molecule has 2 heterocycles. The van der Waals surface area contributed by atoms with Gasteiger partial charge in [0.15, 0.2) is 6.10 Å². The van der Waals surface area contributed by atoms with E-state index >= 15 is 0 Å². The molecule has 2 aromatic carbocycles. The smallest absolute Gasteiger partial charge is 0.407 e. The van der Waals surface area contributed by atoms with Crippen molar-refractivity contribution in [1.29, 1.82) is 0 Å².